The fourth-order valence-corrected chi connectivity index (χ4v) is 14.3. The summed E-state index contributed by atoms with van der Waals surface area (Å²) in [7, 11) is -9.93. The first kappa shape index (κ1) is 100. The zero-order chi connectivity index (χ0) is 75.3. The number of aliphatic hydroxyl groups is 1. The van der Waals surface area contributed by atoms with Crippen LogP contribution < -0.4 is 0 Å². The molecule has 0 radical (unpaired) electrons. The molecule has 0 saturated heterocycles. The largest absolute Gasteiger partial charge is 0.472 e. The van der Waals surface area contributed by atoms with Gasteiger partial charge in [0.25, 0.3) is 0 Å². The average molecular weight is 1490 g/mol. The summed E-state index contributed by atoms with van der Waals surface area (Å²) in [5.41, 5.74) is 0. The lowest BCUT2D eigenvalue weighted by Crippen LogP contribution is -2.30. The van der Waals surface area contributed by atoms with Gasteiger partial charge >= 0.3 is 39.5 Å². The number of ether oxygens (including phenoxy) is 4. The smallest absolute Gasteiger partial charge is 0.462 e. The molecule has 0 aromatic carbocycles. The van der Waals surface area contributed by atoms with Crippen molar-refractivity contribution < 1.29 is 80.2 Å². The second-order valence-corrected chi connectivity index (χ2v) is 34.4. The molecule has 0 saturated carbocycles. The van der Waals surface area contributed by atoms with Gasteiger partial charge in [-0.25, -0.2) is 9.13 Å². The van der Waals surface area contributed by atoms with E-state index in [4.69, 9.17) is 37.0 Å². The number of carbonyl (C=O) groups is 4. The van der Waals surface area contributed by atoms with Crippen molar-refractivity contribution >= 4 is 39.5 Å². The van der Waals surface area contributed by atoms with Crippen LogP contribution in [0.15, 0.2) is 0 Å². The molecule has 0 aliphatic rings. The van der Waals surface area contributed by atoms with Crippen LogP contribution in [0.4, 0.5) is 0 Å². The predicted molar refractivity (Wildman–Crippen MR) is 418 cm³/mol. The molecule has 17 nitrogen and oxygen atoms in total. The van der Waals surface area contributed by atoms with Crippen molar-refractivity contribution in [2.75, 3.05) is 39.6 Å². The number of phosphoric acid groups is 2. The molecule has 6 atom stereocenters. The lowest BCUT2D eigenvalue weighted by molar-refractivity contribution is -0.161. The maximum atomic E-state index is 13.1. The second-order valence-electron chi connectivity index (χ2n) is 31.5. The van der Waals surface area contributed by atoms with E-state index in [0.29, 0.717) is 25.7 Å². The minimum Gasteiger partial charge on any atom is -0.462 e. The van der Waals surface area contributed by atoms with E-state index in [1.54, 1.807) is 0 Å². The summed E-state index contributed by atoms with van der Waals surface area (Å²) >= 11 is 0. The first-order valence-electron chi connectivity index (χ1n) is 42.7. The van der Waals surface area contributed by atoms with Crippen molar-refractivity contribution in [1.82, 2.24) is 0 Å². The molecule has 102 heavy (non-hydrogen) atoms. The van der Waals surface area contributed by atoms with Crippen LogP contribution in [0.5, 0.6) is 0 Å². The fraction of sp³-hybridized carbons (Fsp3) is 0.952. The van der Waals surface area contributed by atoms with Gasteiger partial charge in [-0.2, -0.15) is 0 Å². The van der Waals surface area contributed by atoms with Gasteiger partial charge < -0.3 is 33.8 Å². The summed E-state index contributed by atoms with van der Waals surface area (Å²) in [4.78, 5) is 73.1. The van der Waals surface area contributed by atoms with Crippen molar-refractivity contribution in [1.29, 1.82) is 0 Å². The lowest BCUT2D eigenvalue weighted by Gasteiger charge is -2.21. The van der Waals surface area contributed by atoms with Crippen LogP contribution in [-0.2, 0) is 65.4 Å². The van der Waals surface area contributed by atoms with Crippen LogP contribution in [-0.4, -0.2) is 96.7 Å². The molecule has 0 spiro atoms. The molecule has 606 valence electrons. The van der Waals surface area contributed by atoms with E-state index in [1.807, 2.05) is 0 Å². The molecule has 0 fully saturated rings. The molecule has 0 aromatic rings. The number of rotatable bonds is 80. The summed E-state index contributed by atoms with van der Waals surface area (Å²) in [5.74, 6) is 1.01. The number of carbonyl (C=O) groups excluding carboxylic acids is 4. The molecule has 0 aliphatic heterocycles. The molecule has 0 rings (SSSR count). The molecule has 0 aliphatic carbocycles. The van der Waals surface area contributed by atoms with Gasteiger partial charge in [-0.3, -0.25) is 37.3 Å². The predicted octanol–water partition coefficient (Wildman–Crippen LogP) is 24.8. The van der Waals surface area contributed by atoms with E-state index < -0.39 is 97.5 Å². The molecular formula is C83H162O17P2. The summed E-state index contributed by atoms with van der Waals surface area (Å²) < 4.78 is 68.8. The number of unbranched alkanes of at least 4 members (excludes halogenated alkanes) is 45. The zero-order valence-electron chi connectivity index (χ0n) is 67.2. The minimum atomic E-state index is -4.96. The monoisotopic (exact) mass is 1490 g/mol. The molecule has 0 amide bonds. The summed E-state index contributed by atoms with van der Waals surface area (Å²) in [6.07, 6.45) is 59.7. The molecule has 0 bridgehead atoms. The Balaban J connectivity index is 5.23. The Bertz CT molecular complexity index is 1990. The molecular weight excluding hydrogens is 1330 g/mol. The van der Waals surface area contributed by atoms with Gasteiger partial charge in [0, 0.05) is 25.7 Å². The van der Waals surface area contributed by atoms with E-state index in [1.165, 1.54) is 225 Å². The molecule has 3 N–H and O–H groups in total. The number of hydrogen-bond donors (Lipinski definition) is 3. The van der Waals surface area contributed by atoms with Gasteiger partial charge in [-0.15, -0.1) is 0 Å². The van der Waals surface area contributed by atoms with Gasteiger partial charge in [-0.1, -0.05) is 376 Å². The average Bonchev–Trinajstić information content (AvgIpc) is 0.910. The number of phosphoric ester groups is 2. The van der Waals surface area contributed by atoms with Gasteiger partial charge in [0.05, 0.1) is 26.4 Å². The Morgan fingerprint density at radius 1 is 0.275 bits per heavy atom. The van der Waals surface area contributed by atoms with E-state index >= 15 is 0 Å². The van der Waals surface area contributed by atoms with E-state index in [0.717, 1.165) is 120 Å². The van der Waals surface area contributed by atoms with Gasteiger partial charge in [0.15, 0.2) is 12.2 Å². The van der Waals surface area contributed by atoms with Crippen molar-refractivity contribution in [2.24, 2.45) is 23.7 Å². The van der Waals surface area contributed by atoms with Crippen LogP contribution in [0.2, 0.25) is 0 Å². The number of esters is 4. The third kappa shape index (κ3) is 74.9. The minimum absolute atomic E-state index is 0.107. The van der Waals surface area contributed by atoms with Gasteiger partial charge in [-0.05, 0) is 49.4 Å². The lowest BCUT2D eigenvalue weighted by atomic mass is 10.00. The number of hydrogen-bond acceptors (Lipinski definition) is 15. The van der Waals surface area contributed by atoms with Crippen molar-refractivity contribution in [3.8, 4) is 0 Å². The Labute approximate surface area is 626 Å². The molecule has 0 aromatic heterocycles. The Morgan fingerprint density at radius 3 is 0.696 bits per heavy atom. The highest BCUT2D eigenvalue weighted by Gasteiger charge is 2.30. The Morgan fingerprint density at radius 2 is 0.471 bits per heavy atom. The van der Waals surface area contributed by atoms with Crippen molar-refractivity contribution in [3.63, 3.8) is 0 Å². The van der Waals surface area contributed by atoms with Crippen LogP contribution in [0, 0.1) is 23.7 Å². The summed E-state index contributed by atoms with van der Waals surface area (Å²) in [6.45, 7) is 14.3. The third-order valence-corrected chi connectivity index (χ3v) is 21.6. The van der Waals surface area contributed by atoms with Crippen molar-refractivity contribution in [2.45, 2.75) is 446 Å². The quantitative estimate of drug-likeness (QED) is 0.0222. The highest BCUT2D eigenvalue weighted by molar-refractivity contribution is 7.47. The van der Waals surface area contributed by atoms with Crippen LogP contribution in [0.25, 0.3) is 0 Å². The van der Waals surface area contributed by atoms with Crippen LogP contribution in [0.3, 0.4) is 0 Å². The first-order chi connectivity index (χ1) is 49.1. The van der Waals surface area contributed by atoms with E-state index in [2.05, 4.69) is 55.4 Å². The van der Waals surface area contributed by atoms with Crippen LogP contribution >= 0.6 is 15.6 Å². The van der Waals surface area contributed by atoms with Gasteiger partial charge in [0.1, 0.15) is 19.3 Å². The van der Waals surface area contributed by atoms with Gasteiger partial charge in [0.2, 0.25) is 0 Å². The molecule has 3 unspecified atom stereocenters. The molecule has 19 heteroatoms. The maximum Gasteiger partial charge on any atom is 0.472 e. The molecule has 0 heterocycles. The maximum absolute atomic E-state index is 13.1. The van der Waals surface area contributed by atoms with Crippen molar-refractivity contribution in [3.05, 3.63) is 0 Å². The van der Waals surface area contributed by atoms with E-state index in [-0.39, 0.29) is 25.7 Å². The topological polar surface area (TPSA) is 237 Å². The normalized spacial score (nSPS) is 14.3. The second kappa shape index (κ2) is 72.0. The fourth-order valence-electron chi connectivity index (χ4n) is 12.8. The highest BCUT2D eigenvalue weighted by atomic mass is 31.2. The first-order valence-corrected chi connectivity index (χ1v) is 45.7. The zero-order valence-corrected chi connectivity index (χ0v) is 69.0. The third-order valence-electron chi connectivity index (χ3n) is 19.7. The summed E-state index contributed by atoms with van der Waals surface area (Å²) in [5, 5.41) is 10.7. The summed E-state index contributed by atoms with van der Waals surface area (Å²) in [6, 6.07) is 0. The SMILES string of the molecule is CCC(C)CCCCCCCCC(=O)OC[C@H](COP(=O)(O)OC[C@H](O)COP(=O)(O)OC[C@@H](COC(=O)CCCCCCCCCCCCCCCCCCC(C)C)OC(=O)CCCCCCCCCCCCCCC(C)C)OC(=O)CCCCCCCCCCCCCCCCCC(C)C. The van der Waals surface area contributed by atoms with E-state index in [9.17, 15) is 43.2 Å². The highest BCUT2D eigenvalue weighted by Crippen LogP contribution is 2.45. The van der Waals surface area contributed by atoms with Crippen LogP contribution in [0.1, 0.15) is 428 Å². The standard InChI is InChI=1S/C83H162O17P2/c1-9-76(8)62-54-46-41-42-48-56-64-81(86)94-70-79(100-83(88)65-57-49-39-33-27-20-16-12-14-18-24-30-36-44-52-60-74(4)5)72-98-102(91,92)96-68-77(84)67-95-101(89,90)97-71-78(99-82(87)66-58-50-40-34-28-22-21-25-31-37-45-53-61-75(6)7)69-93-80(85)63-55-47-38-32-26-19-15-11-10-13-17-23-29-35-43-51-59-73(2)3/h73-79,84H,9-72H2,1-8H3,(H,89,90)(H,91,92)/t76?,77-,78-,79-/m1/s1. The number of aliphatic hydroxyl groups excluding tert-OH is 1. The Hall–Kier alpha value is -1.94. The Kier molecular flexibility index (Phi) is 70.6.